The molecule has 1 aliphatic heterocycles. The third kappa shape index (κ3) is 1.26. The minimum Gasteiger partial charge on any atom is -0.159 e. The summed E-state index contributed by atoms with van der Waals surface area (Å²) in [5.74, 6) is 0. The highest BCUT2D eigenvalue weighted by molar-refractivity contribution is 6.00. The molecule has 0 saturated heterocycles. The molecular weight excluding hydrogens is 148 g/mol. The van der Waals surface area contributed by atoms with Crippen LogP contribution < -0.4 is 5.43 Å². The zero-order valence-electron chi connectivity index (χ0n) is 7.58. The van der Waals surface area contributed by atoms with Crippen LogP contribution in [0.5, 0.6) is 0 Å². The van der Waals surface area contributed by atoms with Crippen molar-refractivity contribution in [3.8, 4) is 0 Å². The lowest BCUT2D eigenvalue weighted by Gasteiger charge is -2.32. The molecule has 1 radical (unpaired) electrons. The molecule has 0 aromatic carbocycles. The molecule has 2 nitrogen and oxygen atoms in total. The van der Waals surface area contributed by atoms with Crippen molar-refractivity contribution in [1.29, 1.82) is 0 Å². The summed E-state index contributed by atoms with van der Waals surface area (Å²) in [6, 6.07) is 0. The summed E-state index contributed by atoms with van der Waals surface area (Å²) in [7, 11) is 0. The molecule has 0 aromatic heterocycles. The molecule has 0 spiro atoms. The van der Waals surface area contributed by atoms with Crippen LogP contribution in [0, 0.1) is 5.41 Å². The third-order valence-corrected chi connectivity index (χ3v) is 3.04. The molecule has 0 aromatic rings. The predicted molar refractivity (Wildman–Crippen MR) is 49.9 cm³/mol. The van der Waals surface area contributed by atoms with Gasteiger partial charge in [-0.3, -0.25) is 0 Å². The van der Waals surface area contributed by atoms with Crippen molar-refractivity contribution in [2.75, 3.05) is 0 Å². The van der Waals surface area contributed by atoms with E-state index in [1.165, 1.54) is 37.8 Å². The van der Waals surface area contributed by atoms with Gasteiger partial charge in [-0.25, -0.2) is 0 Å². The summed E-state index contributed by atoms with van der Waals surface area (Å²) in [4.78, 5) is 0. The van der Waals surface area contributed by atoms with Crippen molar-refractivity contribution >= 4 is 5.71 Å². The minimum absolute atomic E-state index is 0.328. The van der Waals surface area contributed by atoms with E-state index in [-0.39, 0.29) is 0 Å². The van der Waals surface area contributed by atoms with E-state index < -0.39 is 0 Å². The molecule has 1 heterocycles. The van der Waals surface area contributed by atoms with Crippen molar-refractivity contribution < 1.29 is 0 Å². The van der Waals surface area contributed by atoms with Crippen LogP contribution >= 0.6 is 0 Å². The minimum atomic E-state index is 0.328. The Morgan fingerprint density at radius 3 is 2.58 bits per heavy atom. The Hall–Kier alpha value is -0.790. The lowest BCUT2D eigenvalue weighted by atomic mass is 9.72. The van der Waals surface area contributed by atoms with Gasteiger partial charge in [0.05, 0.1) is 11.9 Å². The van der Waals surface area contributed by atoms with E-state index in [0.717, 1.165) is 0 Å². The predicted octanol–water partition coefficient (Wildman–Crippen LogP) is 2.44. The first-order valence-electron chi connectivity index (χ1n) is 4.76. The number of nitrogens with zero attached hydrogens (tertiary/aromatic N) is 2. The normalized spacial score (nSPS) is 26.6. The van der Waals surface area contributed by atoms with Gasteiger partial charge in [0.25, 0.3) is 0 Å². The van der Waals surface area contributed by atoms with Gasteiger partial charge in [-0.1, -0.05) is 26.2 Å². The van der Waals surface area contributed by atoms with Crippen LogP contribution in [0.3, 0.4) is 0 Å². The van der Waals surface area contributed by atoms with Crippen LogP contribution in [0.4, 0.5) is 0 Å². The average molecular weight is 163 g/mol. The smallest absolute Gasteiger partial charge is 0.0705 e. The first-order valence-corrected chi connectivity index (χ1v) is 4.76. The summed E-state index contributed by atoms with van der Waals surface area (Å²) < 4.78 is 0. The average Bonchev–Trinajstić information content (AvgIpc) is 2.58. The first kappa shape index (κ1) is 7.84. The second-order valence-electron chi connectivity index (χ2n) is 4.04. The zero-order chi connectivity index (χ0) is 8.44. The Morgan fingerprint density at radius 1 is 1.25 bits per heavy atom. The monoisotopic (exact) mass is 163 g/mol. The molecule has 1 aliphatic carbocycles. The van der Waals surface area contributed by atoms with Gasteiger partial charge in [0.15, 0.2) is 0 Å². The third-order valence-electron chi connectivity index (χ3n) is 3.04. The molecule has 2 aliphatic rings. The number of hydrogen-bond donors (Lipinski definition) is 0. The summed E-state index contributed by atoms with van der Waals surface area (Å²) in [5, 5.41) is 4.16. The topological polar surface area (TPSA) is 26.5 Å². The highest BCUT2D eigenvalue weighted by atomic mass is 15.3. The van der Waals surface area contributed by atoms with Crippen LogP contribution in [-0.4, -0.2) is 5.71 Å². The van der Waals surface area contributed by atoms with E-state index in [0.29, 0.717) is 5.41 Å². The van der Waals surface area contributed by atoms with E-state index >= 15 is 0 Å². The quantitative estimate of drug-likeness (QED) is 0.567. The maximum Gasteiger partial charge on any atom is 0.0705 e. The Balaban J connectivity index is 2.13. The van der Waals surface area contributed by atoms with E-state index in [2.05, 4.69) is 23.5 Å². The molecule has 2 heteroatoms. The van der Waals surface area contributed by atoms with E-state index in [1.54, 1.807) is 6.20 Å². The molecule has 2 rings (SSSR count). The maximum atomic E-state index is 4.16. The van der Waals surface area contributed by atoms with Gasteiger partial charge >= 0.3 is 0 Å². The molecule has 0 bridgehead atoms. The second-order valence-corrected chi connectivity index (χ2v) is 4.04. The van der Waals surface area contributed by atoms with Crippen LogP contribution in [0.25, 0.3) is 0 Å². The molecule has 1 saturated carbocycles. The lowest BCUT2D eigenvalue weighted by Crippen LogP contribution is -2.28. The SMILES string of the molecule is CC1(C2=N[N]C=C2)CCCCC1. The van der Waals surface area contributed by atoms with Gasteiger partial charge in [-0.05, 0) is 18.9 Å². The molecule has 65 valence electrons. The molecule has 1 fully saturated rings. The van der Waals surface area contributed by atoms with Crippen LogP contribution in [0.2, 0.25) is 0 Å². The summed E-state index contributed by atoms with van der Waals surface area (Å²) in [6.07, 6.45) is 10.5. The van der Waals surface area contributed by atoms with Crippen molar-refractivity contribution in [2.45, 2.75) is 39.0 Å². The molecule has 0 amide bonds. The highest BCUT2D eigenvalue weighted by Gasteiger charge is 2.32. The fourth-order valence-electron chi connectivity index (χ4n) is 2.14. The van der Waals surface area contributed by atoms with Crippen molar-refractivity contribution in [3.63, 3.8) is 0 Å². The molecule has 12 heavy (non-hydrogen) atoms. The lowest BCUT2D eigenvalue weighted by molar-refractivity contribution is 0.313. The van der Waals surface area contributed by atoms with Gasteiger partial charge in [0.1, 0.15) is 0 Å². The van der Waals surface area contributed by atoms with Gasteiger partial charge in [-0.15, -0.1) is 0 Å². The van der Waals surface area contributed by atoms with Crippen molar-refractivity contribution in [3.05, 3.63) is 12.3 Å². The first-order chi connectivity index (χ1) is 5.81. The fraction of sp³-hybridized carbons (Fsp3) is 0.700. The molecule has 0 N–H and O–H groups in total. The summed E-state index contributed by atoms with van der Waals surface area (Å²) in [6.45, 7) is 2.32. The molecule has 0 atom stereocenters. The van der Waals surface area contributed by atoms with E-state index in [4.69, 9.17) is 0 Å². The molecular formula is C10H15N2. The van der Waals surface area contributed by atoms with E-state index in [1.807, 2.05) is 0 Å². The Labute approximate surface area is 73.7 Å². The Kier molecular flexibility index (Phi) is 1.91. The number of rotatable bonds is 1. The van der Waals surface area contributed by atoms with Gasteiger partial charge in [-0.2, -0.15) is 10.5 Å². The summed E-state index contributed by atoms with van der Waals surface area (Å²) >= 11 is 0. The fourth-order valence-corrected chi connectivity index (χ4v) is 2.14. The van der Waals surface area contributed by atoms with Crippen molar-refractivity contribution in [2.24, 2.45) is 10.5 Å². The van der Waals surface area contributed by atoms with Gasteiger partial charge in [0, 0.05) is 5.41 Å². The van der Waals surface area contributed by atoms with Crippen LogP contribution in [-0.2, 0) is 0 Å². The maximum absolute atomic E-state index is 4.16. The summed E-state index contributed by atoms with van der Waals surface area (Å²) in [5.41, 5.74) is 5.42. The van der Waals surface area contributed by atoms with E-state index in [9.17, 15) is 0 Å². The number of hydrogen-bond acceptors (Lipinski definition) is 1. The largest absolute Gasteiger partial charge is 0.159 e. The van der Waals surface area contributed by atoms with Crippen molar-refractivity contribution in [1.82, 2.24) is 5.43 Å². The van der Waals surface area contributed by atoms with Gasteiger partial charge < -0.3 is 0 Å². The standard InChI is InChI=1S/C10H15N2/c1-10(6-3-2-4-7-10)9-5-8-11-12-9/h5,8H,2-4,6-7H2,1H3. The van der Waals surface area contributed by atoms with Crippen LogP contribution in [0.15, 0.2) is 17.4 Å². The highest BCUT2D eigenvalue weighted by Crippen LogP contribution is 2.37. The Morgan fingerprint density at radius 2 is 2.00 bits per heavy atom. The second kappa shape index (κ2) is 2.92. The zero-order valence-corrected chi connectivity index (χ0v) is 7.58. The van der Waals surface area contributed by atoms with Gasteiger partial charge in [0.2, 0.25) is 0 Å². The van der Waals surface area contributed by atoms with Crippen LogP contribution in [0.1, 0.15) is 39.0 Å². The Bertz CT molecular complexity index is 222. The number of allylic oxidation sites excluding steroid dienone is 1. The molecule has 0 unspecified atom stereocenters.